The first kappa shape index (κ1) is 22.6. The van der Waals surface area contributed by atoms with Gasteiger partial charge in [0.1, 0.15) is 17.4 Å². The molecule has 6 nitrogen and oxygen atoms in total. The standard InChI is InChI=1S/C27H28N2O4/c1-2-19-7-6-18(16-29)11-24(19)33-25(14-26(30)31)22-12-21-8-9-32-27(21)23(13-22)20-5-3-4-17(10-20)15-28/h3-13,25H,2,14-16,28-29H2,1H3,(H,30,31). The Morgan fingerprint density at radius 3 is 2.55 bits per heavy atom. The molecule has 4 aromatic rings. The normalized spacial score (nSPS) is 12.1. The molecule has 0 amide bonds. The highest BCUT2D eigenvalue weighted by molar-refractivity contribution is 5.93. The van der Waals surface area contributed by atoms with E-state index < -0.39 is 12.1 Å². The summed E-state index contributed by atoms with van der Waals surface area (Å²) in [6, 6.07) is 19.6. The van der Waals surface area contributed by atoms with Gasteiger partial charge in [-0.1, -0.05) is 37.3 Å². The largest absolute Gasteiger partial charge is 0.485 e. The second-order valence-electron chi connectivity index (χ2n) is 8.02. The molecule has 1 atom stereocenters. The maximum atomic E-state index is 11.8. The van der Waals surface area contributed by atoms with Crippen LogP contribution >= 0.6 is 0 Å². The Hall–Kier alpha value is -3.61. The Bertz CT molecular complexity index is 1280. The van der Waals surface area contributed by atoms with Crippen LogP contribution in [0, 0.1) is 0 Å². The van der Waals surface area contributed by atoms with Crippen molar-refractivity contribution < 1.29 is 19.1 Å². The summed E-state index contributed by atoms with van der Waals surface area (Å²) >= 11 is 0. The van der Waals surface area contributed by atoms with Crippen molar-refractivity contribution in [1.29, 1.82) is 0 Å². The smallest absolute Gasteiger partial charge is 0.307 e. The predicted octanol–water partition coefficient (Wildman–Crippen LogP) is 5.17. The van der Waals surface area contributed by atoms with E-state index in [1.807, 2.05) is 67.6 Å². The molecule has 5 N–H and O–H groups in total. The average Bonchev–Trinajstić information content (AvgIpc) is 3.31. The van der Waals surface area contributed by atoms with E-state index in [4.69, 9.17) is 20.6 Å². The number of hydrogen-bond acceptors (Lipinski definition) is 5. The lowest BCUT2D eigenvalue weighted by atomic mass is 9.95. The van der Waals surface area contributed by atoms with Crippen LogP contribution in [0.4, 0.5) is 0 Å². The Kier molecular flexibility index (Phi) is 6.77. The first-order valence-electron chi connectivity index (χ1n) is 11.0. The van der Waals surface area contributed by atoms with Crippen LogP contribution in [0.5, 0.6) is 5.75 Å². The molecule has 170 valence electrons. The van der Waals surface area contributed by atoms with Crippen molar-refractivity contribution in [1.82, 2.24) is 0 Å². The summed E-state index contributed by atoms with van der Waals surface area (Å²) in [5.74, 6) is -0.280. The van der Waals surface area contributed by atoms with Gasteiger partial charge in [0, 0.05) is 24.0 Å². The van der Waals surface area contributed by atoms with Crippen molar-refractivity contribution in [2.75, 3.05) is 0 Å². The van der Waals surface area contributed by atoms with Gasteiger partial charge in [-0.15, -0.1) is 0 Å². The fourth-order valence-electron chi connectivity index (χ4n) is 4.04. The first-order valence-corrected chi connectivity index (χ1v) is 11.0. The molecule has 4 rings (SSSR count). The number of carboxylic acids is 1. The van der Waals surface area contributed by atoms with Crippen LogP contribution in [0.25, 0.3) is 22.1 Å². The number of aryl methyl sites for hydroxylation is 1. The number of fused-ring (bicyclic) bond motifs is 1. The topological polar surface area (TPSA) is 112 Å². The van der Waals surface area contributed by atoms with Crippen LogP contribution in [0.15, 0.2) is 71.3 Å². The second-order valence-corrected chi connectivity index (χ2v) is 8.02. The third-order valence-electron chi connectivity index (χ3n) is 5.80. The van der Waals surface area contributed by atoms with E-state index in [2.05, 4.69) is 0 Å². The SMILES string of the molecule is CCc1ccc(CN)cc1OC(CC(=O)O)c1cc(-c2cccc(CN)c2)c2occc2c1. The van der Waals surface area contributed by atoms with Crippen LogP contribution in [0.3, 0.4) is 0 Å². The highest BCUT2D eigenvalue weighted by Crippen LogP contribution is 2.36. The number of hydrogen-bond donors (Lipinski definition) is 3. The van der Waals surface area contributed by atoms with Gasteiger partial charge in [-0.25, -0.2) is 0 Å². The number of ether oxygens (including phenoxy) is 1. The van der Waals surface area contributed by atoms with Gasteiger partial charge in [-0.3, -0.25) is 4.79 Å². The van der Waals surface area contributed by atoms with Gasteiger partial charge in [-0.05, 0) is 64.6 Å². The van der Waals surface area contributed by atoms with Crippen LogP contribution in [-0.2, 0) is 24.3 Å². The maximum Gasteiger partial charge on any atom is 0.307 e. The number of furan rings is 1. The molecular weight excluding hydrogens is 416 g/mol. The summed E-state index contributed by atoms with van der Waals surface area (Å²) in [4.78, 5) is 11.8. The van der Waals surface area contributed by atoms with Gasteiger partial charge >= 0.3 is 5.97 Å². The summed E-state index contributed by atoms with van der Waals surface area (Å²) in [7, 11) is 0. The summed E-state index contributed by atoms with van der Waals surface area (Å²) in [6.07, 6.45) is 1.54. The van der Waals surface area contributed by atoms with E-state index in [0.29, 0.717) is 18.8 Å². The van der Waals surface area contributed by atoms with Crippen molar-refractivity contribution >= 4 is 16.9 Å². The van der Waals surface area contributed by atoms with E-state index in [0.717, 1.165) is 50.8 Å². The second kappa shape index (κ2) is 9.90. The minimum absolute atomic E-state index is 0.179. The third kappa shape index (κ3) is 4.92. The molecule has 0 aliphatic rings. The van der Waals surface area contributed by atoms with Crippen LogP contribution in [0.2, 0.25) is 0 Å². The van der Waals surface area contributed by atoms with E-state index >= 15 is 0 Å². The molecule has 0 fully saturated rings. The fraction of sp³-hybridized carbons (Fsp3) is 0.222. The first-order chi connectivity index (χ1) is 16.0. The monoisotopic (exact) mass is 444 g/mol. The lowest BCUT2D eigenvalue weighted by Crippen LogP contribution is -2.14. The maximum absolute atomic E-state index is 11.8. The molecule has 0 bridgehead atoms. The average molecular weight is 445 g/mol. The van der Waals surface area contributed by atoms with Gasteiger partial charge in [0.15, 0.2) is 0 Å². The van der Waals surface area contributed by atoms with Crippen LogP contribution < -0.4 is 16.2 Å². The number of carboxylic acid groups (broad SMARTS) is 1. The molecule has 33 heavy (non-hydrogen) atoms. The van der Waals surface area contributed by atoms with E-state index in [9.17, 15) is 9.90 Å². The molecule has 0 radical (unpaired) electrons. The van der Waals surface area contributed by atoms with E-state index in [-0.39, 0.29) is 6.42 Å². The summed E-state index contributed by atoms with van der Waals surface area (Å²) in [5.41, 5.74) is 17.9. The molecule has 0 spiro atoms. The molecule has 1 unspecified atom stereocenters. The molecule has 1 aromatic heterocycles. The van der Waals surface area contributed by atoms with E-state index in [1.165, 1.54) is 0 Å². The molecule has 1 heterocycles. The quantitative estimate of drug-likeness (QED) is 0.328. The van der Waals surface area contributed by atoms with Gasteiger partial charge in [0.2, 0.25) is 0 Å². The van der Waals surface area contributed by atoms with Gasteiger partial charge < -0.3 is 25.7 Å². The zero-order chi connectivity index (χ0) is 23.4. The van der Waals surface area contributed by atoms with Gasteiger partial charge in [-0.2, -0.15) is 0 Å². The Morgan fingerprint density at radius 1 is 1.03 bits per heavy atom. The highest BCUT2D eigenvalue weighted by Gasteiger charge is 2.22. The van der Waals surface area contributed by atoms with Crippen molar-refractivity contribution in [3.8, 4) is 16.9 Å². The lowest BCUT2D eigenvalue weighted by molar-refractivity contribution is -0.138. The summed E-state index contributed by atoms with van der Waals surface area (Å²) in [5, 5.41) is 10.5. The number of benzene rings is 3. The van der Waals surface area contributed by atoms with Gasteiger partial charge in [0.05, 0.1) is 12.7 Å². The Labute approximate surface area is 192 Å². The minimum Gasteiger partial charge on any atom is -0.485 e. The minimum atomic E-state index is -0.938. The summed E-state index contributed by atoms with van der Waals surface area (Å²) < 4.78 is 12.1. The third-order valence-corrected chi connectivity index (χ3v) is 5.80. The van der Waals surface area contributed by atoms with E-state index in [1.54, 1.807) is 6.26 Å². The number of carbonyl (C=O) groups is 1. The summed E-state index contributed by atoms with van der Waals surface area (Å²) in [6.45, 7) is 2.85. The molecule has 0 saturated heterocycles. The molecular formula is C27H28N2O4. The molecule has 6 heteroatoms. The predicted molar refractivity (Wildman–Crippen MR) is 129 cm³/mol. The molecule has 3 aromatic carbocycles. The van der Waals surface area contributed by atoms with Crippen molar-refractivity contribution in [3.63, 3.8) is 0 Å². The Morgan fingerprint density at radius 2 is 1.82 bits per heavy atom. The van der Waals surface area contributed by atoms with Crippen LogP contribution in [0.1, 0.15) is 41.7 Å². The zero-order valence-corrected chi connectivity index (χ0v) is 18.6. The molecule has 0 saturated carbocycles. The molecule has 0 aliphatic heterocycles. The van der Waals surface area contributed by atoms with Crippen LogP contribution in [-0.4, -0.2) is 11.1 Å². The highest BCUT2D eigenvalue weighted by atomic mass is 16.5. The number of aliphatic carboxylic acids is 1. The molecule has 0 aliphatic carbocycles. The Balaban J connectivity index is 1.82. The lowest BCUT2D eigenvalue weighted by Gasteiger charge is -2.21. The van der Waals surface area contributed by atoms with Crippen molar-refractivity contribution in [2.24, 2.45) is 11.5 Å². The number of rotatable bonds is 9. The zero-order valence-electron chi connectivity index (χ0n) is 18.6. The fourth-order valence-corrected chi connectivity index (χ4v) is 4.04. The van der Waals surface area contributed by atoms with Gasteiger partial charge in [0.25, 0.3) is 0 Å². The van der Waals surface area contributed by atoms with Crippen molar-refractivity contribution in [3.05, 3.63) is 89.2 Å². The van der Waals surface area contributed by atoms with Crippen molar-refractivity contribution in [2.45, 2.75) is 39.0 Å². The number of nitrogens with two attached hydrogens (primary N) is 2.